The highest BCUT2D eigenvalue weighted by Gasteiger charge is 2.04. The molecule has 96 valence electrons. The summed E-state index contributed by atoms with van der Waals surface area (Å²) in [5.74, 6) is 0.0858. The van der Waals surface area contributed by atoms with Crippen molar-refractivity contribution in [2.75, 3.05) is 0 Å². The van der Waals surface area contributed by atoms with Crippen LogP contribution in [0.4, 0.5) is 4.39 Å². The van der Waals surface area contributed by atoms with Crippen molar-refractivity contribution in [2.45, 2.75) is 13.5 Å². The molecule has 2 nitrogen and oxygen atoms in total. The first kappa shape index (κ1) is 13.4. The van der Waals surface area contributed by atoms with Crippen LogP contribution < -0.4 is 4.74 Å². The Morgan fingerprint density at radius 1 is 1.26 bits per heavy atom. The SMILES string of the molecule is Cc1ccc(OCc2cc(F)cc(C#N)c2)c(Cl)c1. The molecule has 0 saturated heterocycles. The van der Waals surface area contributed by atoms with Gasteiger partial charge in [0, 0.05) is 0 Å². The van der Waals surface area contributed by atoms with Gasteiger partial charge in [0.1, 0.15) is 18.2 Å². The Kier molecular flexibility index (Phi) is 4.03. The van der Waals surface area contributed by atoms with E-state index < -0.39 is 5.82 Å². The first-order valence-corrected chi connectivity index (χ1v) is 6.05. The van der Waals surface area contributed by atoms with E-state index in [-0.39, 0.29) is 12.2 Å². The fourth-order valence-corrected chi connectivity index (χ4v) is 1.97. The number of ether oxygens (including phenoxy) is 1. The molecule has 4 heteroatoms. The lowest BCUT2D eigenvalue weighted by atomic mass is 10.1. The van der Waals surface area contributed by atoms with Crippen LogP contribution >= 0.6 is 11.6 Å². The molecule has 0 unspecified atom stereocenters. The zero-order valence-electron chi connectivity index (χ0n) is 10.3. The number of halogens is 2. The Balaban J connectivity index is 2.14. The van der Waals surface area contributed by atoms with E-state index in [1.54, 1.807) is 18.2 Å². The van der Waals surface area contributed by atoms with E-state index >= 15 is 0 Å². The van der Waals surface area contributed by atoms with E-state index in [9.17, 15) is 4.39 Å². The second-order valence-electron chi connectivity index (χ2n) is 4.18. The second-order valence-corrected chi connectivity index (χ2v) is 4.59. The molecule has 0 amide bonds. The van der Waals surface area contributed by atoms with E-state index in [0.717, 1.165) is 5.56 Å². The van der Waals surface area contributed by atoms with Crippen molar-refractivity contribution in [3.63, 3.8) is 0 Å². The first-order valence-electron chi connectivity index (χ1n) is 5.67. The Morgan fingerprint density at radius 3 is 2.74 bits per heavy atom. The van der Waals surface area contributed by atoms with Crippen LogP contribution in [0.15, 0.2) is 36.4 Å². The summed E-state index contributed by atoms with van der Waals surface area (Å²) < 4.78 is 18.8. The summed E-state index contributed by atoms with van der Waals surface area (Å²) in [4.78, 5) is 0. The van der Waals surface area contributed by atoms with Gasteiger partial charge in [-0.05, 0) is 48.4 Å². The highest BCUT2D eigenvalue weighted by atomic mass is 35.5. The second kappa shape index (κ2) is 5.73. The van der Waals surface area contributed by atoms with Gasteiger partial charge in [-0.15, -0.1) is 0 Å². The molecule has 0 aliphatic heterocycles. The maximum absolute atomic E-state index is 13.2. The number of hydrogen-bond donors (Lipinski definition) is 0. The molecule has 0 heterocycles. The number of aryl methyl sites for hydroxylation is 1. The van der Waals surface area contributed by atoms with Crippen LogP contribution in [-0.2, 0) is 6.61 Å². The lowest BCUT2D eigenvalue weighted by Gasteiger charge is -2.09. The average molecular weight is 276 g/mol. The van der Waals surface area contributed by atoms with Gasteiger partial charge in [0.2, 0.25) is 0 Å². The van der Waals surface area contributed by atoms with E-state index in [1.165, 1.54) is 12.1 Å². The molecule has 0 saturated carbocycles. The molecule has 0 spiro atoms. The Bertz CT molecular complexity index is 649. The van der Waals surface area contributed by atoms with E-state index in [2.05, 4.69) is 0 Å². The molecule has 0 bridgehead atoms. The Hall–Kier alpha value is -2.05. The lowest BCUT2D eigenvalue weighted by Crippen LogP contribution is -1.97. The van der Waals surface area contributed by atoms with Crippen LogP contribution in [0.25, 0.3) is 0 Å². The van der Waals surface area contributed by atoms with Gasteiger partial charge in [-0.25, -0.2) is 4.39 Å². The summed E-state index contributed by atoms with van der Waals surface area (Å²) in [7, 11) is 0. The first-order chi connectivity index (χ1) is 9.08. The molecule has 2 aromatic carbocycles. The molecule has 19 heavy (non-hydrogen) atoms. The Morgan fingerprint density at radius 2 is 2.05 bits per heavy atom. The summed E-state index contributed by atoms with van der Waals surface area (Å²) >= 11 is 6.03. The topological polar surface area (TPSA) is 33.0 Å². The molecule has 2 aromatic rings. The van der Waals surface area contributed by atoms with Crippen LogP contribution in [0.1, 0.15) is 16.7 Å². The molecular formula is C15H11ClFNO. The van der Waals surface area contributed by atoms with Gasteiger partial charge in [-0.3, -0.25) is 0 Å². The van der Waals surface area contributed by atoms with Crippen LogP contribution in [0, 0.1) is 24.1 Å². The number of benzene rings is 2. The van der Waals surface area contributed by atoms with Crippen molar-refractivity contribution in [3.05, 3.63) is 63.9 Å². The summed E-state index contributed by atoms with van der Waals surface area (Å²) in [5, 5.41) is 9.28. The highest BCUT2D eigenvalue weighted by molar-refractivity contribution is 6.32. The van der Waals surface area contributed by atoms with E-state index in [0.29, 0.717) is 16.3 Å². The molecule has 0 aromatic heterocycles. The predicted molar refractivity (Wildman–Crippen MR) is 71.6 cm³/mol. The highest BCUT2D eigenvalue weighted by Crippen LogP contribution is 2.26. The van der Waals surface area contributed by atoms with Crippen molar-refractivity contribution in [1.82, 2.24) is 0 Å². The number of hydrogen-bond acceptors (Lipinski definition) is 2. The predicted octanol–water partition coefficient (Wildman–Crippen LogP) is 4.24. The molecule has 0 N–H and O–H groups in total. The molecule has 0 fully saturated rings. The minimum Gasteiger partial charge on any atom is -0.487 e. The number of nitriles is 1. The van der Waals surface area contributed by atoms with Crippen LogP contribution in [0.2, 0.25) is 5.02 Å². The van der Waals surface area contributed by atoms with Gasteiger partial charge < -0.3 is 4.74 Å². The maximum Gasteiger partial charge on any atom is 0.138 e. The van der Waals surface area contributed by atoms with Gasteiger partial charge in [0.05, 0.1) is 16.7 Å². The summed E-state index contributed by atoms with van der Waals surface area (Å²) in [6.07, 6.45) is 0. The maximum atomic E-state index is 13.2. The van der Waals surface area contributed by atoms with Gasteiger partial charge in [0.25, 0.3) is 0 Å². The van der Waals surface area contributed by atoms with Crippen molar-refractivity contribution in [1.29, 1.82) is 5.26 Å². The quantitative estimate of drug-likeness (QED) is 0.839. The monoisotopic (exact) mass is 275 g/mol. The molecular weight excluding hydrogens is 265 g/mol. The summed E-state index contributed by atoms with van der Waals surface area (Å²) in [6.45, 7) is 2.09. The normalized spacial score (nSPS) is 10.0. The third-order valence-corrected chi connectivity index (χ3v) is 2.86. The number of nitrogens with zero attached hydrogens (tertiary/aromatic N) is 1. The van der Waals surface area contributed by atoms with Gasteiger partial charge in [0.15, 0.2) is 0 Å². The minimum atomic E-state index is -0.451. The zero-order chi connectivity index (χ0) is 13.8. The van der Waals surface area contributed by atoms with Crippen molar-refractivity contribution >= 4 is 11.6 Å². The smallest absolute Gasteiger partial charge is 0.138 e. The average Bonchev–Trinajstić information content (AvgIpc) is 2.37. The largest absolute Gasteiger partial charge is 0.487 e. The third kappa shape index (κ3) is 3.46. The summed E-state index contributed by atoms with van der Waals surface area (Å²) in [5.41, 5.74) is 1.90. The van der Waals surface area contributed by atoms with Crippen LogP contribution in [0.3, 0.4) is 0 Å². The molecule has 0 atom stereocenters. The minimum absolute atomic E-state index is 0.162. The van der Waals surface area contributed by atoms with Crippen molar-refractivity contribution in [3.8, 4) is 11.8 Å². The van der Waals surface area contributed by atoms with Crippen LogP contribution in [-0.4, -0.2) is 0 Å². The van der Waals surface area contributed by atoms with Gasteiger partial charge >= 0.3 is 0 Å². The fraction of sp³-hybridized carbons (Fsp3) is 0.133. The zero-order valence-corrected chi connectivity index (χ0v) is 11.0. The third-order valence-electron chi connectivity index (χ3n) is 2.57. The van der Waals surface area contributed by atoms with Crippen molar-refractivity contribution < 1.29 is 9.13 Å². The molecule has 0 radical (unpaired) electrons. The van der Waals surface area contributed by atoms with Crippen molar-refractivity contribution in [2.24, 2.45) is 0 Å². The summed E-state index contributed by atoms with van der Waals surface area (Å²) in [6, 6.07) is 11.5. The molecule has 0 aliphatic rings. The van der Waals surface area contributed by atoms with Crippen LogP contribution in [0.5, 0.6) is 5.75 Å². The standard InChI is InChI=1S/C15H11ClFNO/c1-10-2-3-15(14(16)4-10)19-9-12-5-11(8-18)6-13(17)7-12/h2-7H,9H2,1H3. The lowest BCUT2D eigenvalue weighted by molar-refractivity contribution is 0.305. The fourth-order valence-electron chi connectivity index (χ4n) is 1.68. The van der Waals surface area contributed by atoms with E-state index in [4.69, 9.17) is 21.6 Å². The number of rotatable bonds is 3. The molecule has 0 aliphatic carbocycles. The Labute approximate surface area is 116 Å². The molecule has 2 rings (SSSR count). The van der Waals surface area contributed by atoms with E-state index in [1.807, 2.05) is 19.1 Å². The van der Waals surface area contributed by atoms with Gasteiger partial charge in [-0.1, -0.05) is 17.7 Å². The van der Waals surface area contributed by atoms with Gasteiger partial charge in [-0.2, -0.15) is 5.26 Å².